The highest BCUT2D eigenvalue weighted by atomic mass is 35.5. The molecule has 0 spiro atoms. The maximum absolute atomic E-state index is 13.4. The standard InChI is InChI=1S/C11H14ClFN2O/c1-15(11(16)5-6-14)7-8-9(12)3-2-4-10(8)13/h2-4H,5-7,14H2,1H3. The van der Waals surface area contributed by atoms with Crippen LogP contribution in [0.1, 0.15) is 12.0 Å². The van der Waals surface area contributed by atoms with E-state index in [0.717, 1.165) is 0 Å². The smallest absolute Gasteiger partial charge is 0.223 e. The Labute approximate surface area is 99.0 Å². The van der Waals surface area contributed by atoms with E-state index in [0.29, 0.717) is 10.6 Å². The van der Waals surface area contributed by atoms with Gasteiger partial charge in [0, 0.05) is 37.1 Å². The van der Waals surface area contributed by atoms with Crippen molar-refractivity contribution in [3.8, 4) is 0 Å². The fraction of sp³-hybridized carbons (Fsp3) is 0.364. The molecule has 0 bridgehead atoms. The van der Waals surface area contributed by atoms with Gasteiger partial charge in [0.25, 0.3) is 0 Å². The highest BCUT2D eigenvalue weighted by Gasteiger charge is 2.13. The van der Waals surface area contributed by atoms with Gasteiger partial charge < -0.3 is 10.6 Å². The van der Waals surface area contributed by atoms with Crippen LogP contribution in [0.5, 0.6) is 0 Å². The number of halogens is 2. The summed E-state index contributed by atoms with van der Waals surface area (Å²) >= 11 is 5.85. The molecule has 0 aromatic heterocycles. The molecule has 1 aromatic carbocycles. The summed E-state index contributed by atoms with van der Waals surface area (Å²) in [5.74, 6) is -0.526. The van der Waals surface area contributed by atoms with Gasteiger partial charge in [-0.15, -0.1) is 0 Å². The summed E-state index contributed by atoms with van der Waals surface area (Å²) in [6.07, 6.45) is 0.253. The molecule has 0 saturated heterocycles. The molecule has 0 aliphatic rings. The molecule has 2 N–H and O–H groups in total. The topological polar surface area (TPSA) is 46.3 Å². The Morgan fingerprint density at radius 1 is 1.56 bits per heavy atom. The summed E-state index contributed by atoms with van der Waals surface area (Å²) in [7, 11) is 1.60. The number of hydrogen-bond acceptors (Lipinski definition) is 2. The van der Waals surface area contributed by atoms with E-state index in [1.165, 1.54) is 17.0 Å². The predicted octanol–water partition coefficient (Wildman–Crippen LogP) is 1.79. The van der Waals surface area contributed by atoms with Gasteiger partial charge in [-0.25, -0.2) is 4.39 Å². The van der Waals surface area contributed by atoms with Crippen LogP contribution in [0, 0.1) is 5.82 Å². The molecule has 1 rings (SSSR count). The van der Waals surface area contributed by atoms with E-state index in [-0.39, 0.29) is 25.4 Å². The van der Waals surface area contributed by atoms with Gasteiger partial charge in [0.15, 0.2) is 0 Å². The molecule has 5 heteroatoms. The number of benzene rings is 1. The highest BCUT2D eigenvalue weighted by molar-refractivity contribution is 6.31. The van der Waals surface area contributed by atoms with Crippen molar-refractivity contribution >= 4 is 17.5 Å². The van der Waals surface area contributed by atoms with Gasteiger partial charge in [-0.2, -0.15) is 0 Å². The number of nitrogens with two attached hydrogens (primary N) is 1. The van der Waals surface area contributed by atoms with Crippen molar-refractivity contribution in [2.45, 2.75) is 13.0 Å². The van der Waals surface area contributed by atoms with Gasteiger partial charge in [-0.05, 0) is 12.1 Å². The van der Waals surface area contributed by atoms with Crippen molar-refractivity contribution in [3.63, 3.8) is 0 Å². The molecule has 0 radical (unpaired) electrons. The average molecular weight is 245 g/mol. The van der Waals surface area contributed by atoms with E-state index in [9.17, 15) is 9.18 Å². The summed E-state index contributed by atoms with van der Waals surface area (Å²) in [6, 6.07) is 4.45. The first kappa shape index (κ1) is 12.9. The van der Waals surface area contributed by atoms with Crippen LogP contribution in [0.2, 0.25) is 5.02 Å². The molecule has 0 heterocycles. The Bertz CT molecular complexity index is 364. The molecule has 0 fully saturated rings. The number of hydrogen-bond donors (Lipinski definition) is 1. The quantitative estimate of drug-likeness (QED) is 0.878. The Morgan fingerprint density at radius 3 is 2.81 bits per heavy atom. The van der Waals surface area contributed by atoms with Crippen molar-refractivity contribution in [1.29, 1.82) is 0 Å². The van der Waals surface area contributed by atoms with E-state index < -0.39 is 5.82 Å². The highest BCUT2D eigenvalue weighted by Crippen LogP contribution is 2.20. The molecule has 0 saturated carbocycles. The SMILES string of the molecule is CN(Cc1c(F)cccc1Cl)C(=O)CCN. The van der Waals surface area contributed by atoms with E-state index in [4.69, 9.17) is 17.3 Å². The first-order valence-corrected chi connectivity index (χ1v) is 5.31. The molecule has 0 aliphatic heterocycles. The summed E-state index contributed by atoms with van der Waals surface area (Å²) in [4.78, 5) is 12.9. The lowest BCUT2D eigenvalue weighted by Gasteiger charge is -2.18. The van der Waals surface area contributed by atoms with Crippen LogP contribution < -0.4 is 5.73 Å². The summed E-state index contributed by atoms with van der Waals surface area (Å²) in [5, 5.41) is 0.326. The van der Waals surface area contributed by atoms with Crippen molar-refractivity contribution in [1.82, 2.24) is 4.90 Å². The average Bonchev–Trinajstić information content (AvgIpc) is 2.23. The van der Waals surface area contributed by atoms with Crippen molar-refractivity contribution in [2.75, 3.05) is 13.6 Å². The zero-order valence-corrected chi connectivity index (χ0v) is 9.80. The lowest BCUT2D eigenvalue weighted by molar-refractivity contribution is -0.130. The van der Waals surface area contributed by atoms with Gasteiger partial charge in [0.1, 0.15) is 5.82 Å². The van der Waals surface area contributed by atoms with Gasteiger partial charge in [0.05, 0.1) is 0 Å². The fourth-order valence-corrected chi connectivity index (χ4v) is 1.55. The molecular formula is C11H14ClFN2O. The van der Waals surface area contributed by atoms with Crippen molar-refractivity contribution in [3.05, 3.63) is 34.6 Å². The van der Waals surface area contributed by atoms with Crippen LogP contribution in [-0.2, 0) is 11.3 Å². The van der Waals surface area contributed by atoms with E-state index in [1.807, 2.05) is 0 Å². The van der Waals surface area contributed by atoms with Crippen molar-refractivity contribution in [2.24, 2.45) is 5.73 Å². The van der Waals surface area contributed by atoms with Gasteiger partial charge in [0.2, 0.25) is 5.91 Å². The summed E-state index contributed by atoms with van der Waals surface area (Å²) in [6.45, 7) is 0.443. The molecule has 0 atom stereocenters. The van der Waals surface area contributed by atoms with E-state index >= 15 is 0 Å². The van der Waals surface area contributed by atoms with E-state index in [2.05, 4.69) is 0 Å². The maximum Gasteiger partial charge on any atom is 0.223 e. The maximum atomic E-state index is 13.4. The minimum atomic E-state index is -0.403. The number of rotatable bonds is 4. The van der Waals surface area contributed by atoms with Crippen LogP contribution in [0.25, 0.3) is 0 Å². The van der Waals surface area contributed by atoms with Crippen LogP contribution in [0.4, 0.5) is 4.39 Å². The normalized spacial score (nSPS) is 10.2. The minimum absolute atomic E-state index is 0.123. The van der Waals surface area contributed by atoms with E-state index in [1.54, 1.807) is 13.1 Å². The van der Waals surface area contributed by atoms with Crippen LogP contribution in [0.3, 0.4) is 0 Å². The molecule has 3 nitrogen and oxygen atoms in total. The number of carbonyl (C=O) groups excluding carboxylic acids is 1. The zero-order chi connectivity index (χ0) is 12.1. The Balaban J connectivity index is 2.76. The first-order valence-electron chi connectivity index (χ1n) is 4.93. The third-order valence-electron chi connectivity index (χ3n) is 2.24. The lowest BCUT2D eigenvalue weighted by atomic mass is 10.2. The minimum Gasteiger partial charge on any atom is -0.341 e. The van der Waals surface area contributed by atoms with Crippen LogP contribution in [0.15, 0.2) is 18.2 Å². The number of carbonyl (C=O) groups is 1. The molecule has 16 heavy (non-hydrogen) atoms. The van der Waals surface area contributed by atoms with Gasteiger partial charge >= 0.3 is 0 Å². The Hall–Kier alpha value is -1.13. The summed E-state index contributed by atoms with van der Waals surface area (Å²) in [5.41, 5.74) is 5.60. The third-order valence-corrected chi connectivity index (χ3v) is 2.60. The molecule has 1 aromatic rings. The Kier molecular flexibility index (Phi) is 4.71. The third kappa shape index (κ3) is 3.18. The largest absolute Gasteiger partial charge is 0.341 e. The molecule has 0 unspecified atom stereocenters. The molecular weight excluding hydrogens is 231 g/mol. The predicted molar refractivity (Wildman–Crippen MR) is 61.6 cm³/mol. The van der Waals surface area contributed by atoms with Gasteiger partial charge in [-0.3, -0.25) is 4.79 Å². The van der Waals surface area contributed by atoms with Crippen LogP contribution >= 0.6 is 11.6 Å². The zero-order valence-electron chi connectivity index (χ0n) is 9.04. The van der Waals surface area contributed by atoms with Gasteiger partial charge in [-0.1, -0.05) is 17.7 Å². The monoisotopic (exact) mass is 244 g/mol. The number of nitrogens with zero attached hydrogens (tertiary/aromatic N) is 1. The fourth-order valence-electron chi connectivity index (χ4n) is 1.32. The van der Waals surface area contributed by atoms with Crippen molar-refractivity contribution < 1.29 is 9.18 Å². The second kappa shape index (κ2) is 5.82. The molecule has 0 aliphatic carbocycles. The number of amides is 1. The second-order valence-corrected chi connectivity index (χ2v) is 3.90. The molecule has 1 amide bonds. The summed E-state index contributed by atoms with van der Waals surface area (Å²) < 4.78 is 13.4. The van der Waals surface area contributed by atoms with Crippen LogP contribution in [-0.4, -0.2) is 24.4 Å². The first-order chi connectivity index (χ1) is 7.56. The lowest BCUT2D eigenvalue weighted by Crippen LogP contribution is -2.28. The second-order valence-electron chi connectivity index (χ2n) is 3.49. The Morgan fingerprint density at radius 2 is 2.25 bits per heavy atom. The molecule has 88 valence electrons.